The van der Waals surface area contributed by atoms with Crippen LogP contribution in [-0.2, 0) is 16.1 Å². The molecular weight excluding hydrogens is 254 g/mol. The van der Waals surface area contributed by atoms with Gasteiger partial charge in [-0.25, -0.2) is 0 Å². The largest absolute Gasteiger partial charge is 0.494 e. The summed E-state index contributed by atoms with van der Waals surface area (Å²) in [7, 11) is 0. The van der Waals surface area contributed by atoms with Crippen LogP contribution in [0.2, 0.25) is 0 Å². The summed E-state index contributed by atoms with van der Waals surface area (Å²) in [5, 5.41) is 1.10. The number of ether oxygens (including phenoxy) is 2. The summed E-state index contributed by atoms with van der Waals surface area (Å²) >= 11 is 0. The van der Waals surface area contributed by atoms with Gasteiger partial charge in [0.1, 0.15) is 5.75 Å². The molecule has 1 unspecified atom stereocenters. The van der Waals surface area contributed by atoms with Crippen molar-refractivity contribution in [2.45, 2.75) is 19.9 Å². The fourth-order valence-electron chi connectivity index (χ4n) is 2.66. The van der Waals surface area contributed by atoms with Gasteiger partial charge in [-0.15, -0.1) is 0 Å². The normalized spacial score (nSPS) is 18.6. The Kier molecular flexibility index (Phi) is 3.74. The highest BCUT2D eigenvalue weighted by molar-refractivity contribution is 5.86. The summed E-state index contributed by atoms with van der Waals surface area (Å²) in [4.78, 5) is 12.2. The predicted octanol–water partition coefficient (Wildman–Crippen LogP) is 2.65. The average Bonchev–Trinajstić information content (AvgIpc) is 3.09. The maximum Gasteiger partial charge on any atom is 0.157 e. The van der Waals surface area contributed by atoms with Crippen LogP contribution in [0.1, 0.15) is 13.3 Å². The molecule has 0 bridgehead atoms. The van der Waals surface area contributed by atoms with E-state index in [9.17, 15) is 4.79 Å². The van der Waals surface area contributed by atoms with Crippen LogP contribution in [0.4, 0.5) is 0 Å². The van der Waals surface area contributed by atoms with Gasteiger partial charge in [-0.1, -0.05) is 0 Å². The molecule has 0 N–H and O–H groups in total. The van der Waals surface area contributed by atoms with E-state index in [1.165, 1.54) is 0 Å². The van der Waals surface area contributed by atoms with Gasteiger partial charge in [0.15, 0.2) is 5.78 Å². The molecule has 2 heterocycles. The minimum atomic E-state index is 0.0650. The number of Topliss-reactive ketones (excluding diaryl/α,β-unsaturated/α-hetero) is 1. The van der Waals surface area contributed by atoms with E-state index >= 15 is 0 Å². The monoisotopic (exact) mass is 273 g/mol. The van der Waals surface area contributed by atoms with Gasteiger partial charge in [0.25, 0.3) is 0 Å². The highest BCUT2D eigenvalue weighted by atomic mass is 16.5. The van der Waals surface area contributed by atoms with Crippen LogP contribution in [-0.4, -0.2) is 30.2 Å². The van der Waals surface area contributed by atoms with E-state index in [0.29, 0.717) is 26.4 Å². The van der Waals surface area contributed by atoms with Gasteiger partial charge in [0.2, 0.25) is 0 Å². The molecule has 0 saturated carbocycles. The van der Waals surface area contributed by atoms with Crippen molar-refractivity contribution in [1.29, 1.82) is 0 Å². The zero-order valence-electron chi connectivity index (χ0n) is 11.7. The minimum absolute atomic E-state index is 0.0650. The van der Waals surface area contributed by atoms with E-state index in [0.717, 1.165) is 23.1 Å². The van der Waals surface area contributed by atoms with Crippen molar-refractivity contribution in [3.63, 3.8) is 0 Å². The van der Waals surface area contributed by atoms with E-state index in [1.54, 1.807) is 0 Å². The Balaban J connectivity index is 1.79. The number of benzene rings is 1. The van der Waals surface area contributed by atoms with Crippen molar-refractivity contribution in [3.05, 3.63) is 30.5 Å². The quantitative estimate of drug-likeness (QED) is 0.841. The van der Waals surface area contributed by atoms with Gasteiger partial charge in [0.05, 0.1) is 19.8 Å². The number of hydrogen-bond donors (Lipinski definition) is 0. The molecular formula is C16H19NO3. The molecule has 1 atom stereocenters. The molecule has 2 aromatic rings. The molecule has 0 radical (unpaired) electrons. The Labute approximate surface area is 118 Å². The highest BCUT2D eigenvalue weighted by Crippen LogP contribution is 2.23. The van der Waals surface area contributed by atoms with E-state index in [-0.39, 0.29) is 11.7 Å². The lowest BCUT2D eigenvalue weighted by Crippen LogP contribution is -2.19. The zero-order valence-corrected chi connectivity index (χ0v) is 11.7. The lowest BCUT2D eigenvalue weighted by atomic mass is 10.0. The molecule has 20 heavy (non-hydrogen) atoms. The maximum absolute atomic E-state index is 12.2. The molecule has 0 amide bonds. The molecule has 1 saturated heterocycles. The van der Waals surface area contributed by atoms with Crippen molar-refractivity contribution in [2.75, 3.05) is 19.8 Å². The van der Waals surface area contributed by atoms with Crippen molar-refractivity contribution in [2.24, 2.45) is 5.92 Å². The first-order chi connectivity index (χ1) is 9.78. The summed E-state index contributed by atoms with van der Waals surface area (Å²) < 4.78 is 12.8. The Bertz CT molecular complexity index is 611. The van der Waals surface area contributed by atoms with Crippen molar-refractivity contribution in [1.82, 2.24) is 4.57 Å². The first-order valence-corrected chi connectivity index (χ1v) is 7.10. The fourth-order valence-corrected chi connectivity index (χ4v) is 2.66. The standard InChI is InChI=1S/C16H19NO3/c1-2-20-14-3-4-15-12(9-14)5-7-17(15)10-16(18)13-6-8-19-11-13/h3-5,7,9,13H,2,6,8,10-11H2,1H3. The number of fused-ring (bicyclic) bond motifs is 1. The second-order valence-electron chi connectivity index (χ2n) is 5.12. The van der Waals surface area contributed by atoms with Crippen molar-refractivity contribution < 1.29 is 14.3 Å². The number of carbonyl (C=O) groups is 1. The number of hydrogen-bond acceptors (Lipinski definition) is 3. The molecule has 3 rings (SSSR count). The van der Waals surface area contributed by atoms with Gasteiger partial charge in [0, 0.05) is 29.6 Å². The number of carbonyl (C=O) groups excluding carboxylic acids is 1. The van der Waals surface area contributed by atoms with E-state index in [4.69, 9.17) is 9.47 Å². The van der Waals surface area contributed by atoms with Crippen LogP contribution >= 0.6 is 0 Å². The Hall–Kier alpha value is -1.81. The highest BCUT2D eigenvalue weighted by Gasteiger charge is 2.23. The Morgan fingerprint density at radius 2 is 2.35 bits per heavy atom. The first-order valence-electron chi connectivity index (χ1n) is 7.10. The lowest BCUT2D eigenvalue weighted by Gasteiger charge is -2.09. The van der Waals surface area contributed by atoms with Crippen LogP contribution in [0.15, 0.2) is 30.5 Å². The smallest absolute Gasteiger partial charge is 0.157 e. The SMILES string of the molecule is CCOc1ccc2c(ccn2CC(=O)C2CCOC2)c1. The Morgan fingerprint density at radius 3 is 3.10 bits per heavy atom. The zero-order chi connectivity index (χ0) is 13.9. The van der Waals surface area contributed by atoms with Crippen LogP contribution in [0.3, 0.4) is 0 Å². The fraction of sp³-hybridized carbons (Fsp3) is 0.438. The average molecular weight is 273 g/mol. The molecule has 4 heteroatoms. The van der Waals surface area contributed by atoms with Gasteiger partial charge < -0.3 is 14.0 Å². The van der Waals surface area contributed by atoms with Crippen LogP contribution in [0.5, 0.6) is 5.75 Å². The van der Waals surface area contributed by atoms with Crippen molar-refractivity contribution in [3.8, 4) is 5.75 Å². The van der Waals surface area contributed by atoms with E-state index < -0.39 is 0 Å². The molecule has 4 nitrogen and oxygen atoms in total. The maximum atomic E-state index is 12.2. The third-order valence-corrected chi connectivity index (χ3v) is 3.76. The number of aromatic nitrogens is 1. The first kappa shape index (κ1) is 13.2. The number of rotatable bonds is 5. The summed E-state index contributed by atoms with van der Waals surface area (Å²) in [6.45, 7) is 4.34. The van der Waals surface area contributed by atoms with E-state index in [2.05, 4.69) is 0 Å². The molecule has 0 spiro atoms. The van der Waals surface area contributed by atoms with Gasteiger partial charge >= 0.3 is 0 Å². The second-order valence-corrected chi connectivity index (χ2v) is 5.12. The van der Waals surface area contributed by atoms with Crippen LogP contribution in [0, 0.1) is 5.92 Å². The van der Waals surface area contributed by atoms with E-state index in [1.807, 2.05) is 42.0 Å². The molecule has 1 aromatic carbocycles. The lowest BCUT2D eigenvalue weighted by molar-refractivity contribution is -0.123. The molecule has 1 fully saturated rings. The number of ketones is 1. The van der Waals surface area contributed by atoms with Gasteiger partial charge in [-0.2, -0.15) is 0 Å². The minimum Gasteiger partial charge on any atom is -0.494 e. The topological polar surface area (TPSA) is 40.5 Å². The van der Waals surface area contributed by atoms with Crippen LogP contribution < -0.4 is 4.74 Å². The summed E-state index contributed by atoms with van der Waals surface area (Å²) in [6, 6.07) is 8.00. The second kappa shape index (κ2) is 5.67. The predicted molar refractivity (Wildman–Crippen MR) is 77.0 cm³/mol. The summed E-state index contributed by atoms with van der Waals surface area (Å²) in [5.74, 6) is 1.19. The Morgan fingerprint density at radius 1 is 1.45 bits per heavy atom. The summed E-state index contributed by atoms with van der Waals surface area (Å²) in [6.07, 6.45) is 2.82. The molecule has 106 valence electrons. The molecule has 1 aromatic heterocycles. The molecule has 0 aliphatic carbocycles. The third-order valence-electron chi connectivity index (χ3n) is 3.76. The van der Waals surface area contributed by atoms with Crippen LogP contribution in [0.25, 0.3) is 10.9 Å². The third kappa shape index (κ3) is 2.56. The summed E-state index contributed by atoms with van der Waals surface area (Å²) in [5.41, 5.74) is 1.07. The van der Waals surface area contributed by atoms with Crippen molar-refractivity contribution >= 4 is 16.7 Å². The number of nitrogens with zero attached hydrogens (tertiary/aromatic N) is 1. The van der Waals surface area contributed by atoms with Gasteiger partial charge in [-0.05, 0) is 37.6 Å². The molecule has 1 aliphatic heterocycles. The molecule has 1 aliphatic rings. The van der Waals surface area contributed by atoms with Gasteiger partial charge in [-0.3, -0.25) is 4.79 Å².